The first kappa shape index (κ1) is 19.4. The van der Waals surface area contributed by atoms with Gasteiger partial charge in [-0.25, -0.2) is 0 Å². The van der Waals surface area contributed by atoms with Crippen LogP contribution in [-0.2, 0) is 13.6 Å². The molecule has 2 aromatic rings. The Morgan fingerprint density at radius 3 is 2.48 bits per heavy atom. The van der Waals surface area contributed by atoms with Crippen molar-refractivity contribution in [1.82, 2.24) is 14.8 Å². The van der Waals surface area contributed by atoms with Gasteiger partial charge in [0, 0.05) is 26.3 Å². The maximum Gasteiger partial charge on any atom is 0.263 e. The maximum absolute atomic E-state index is 12.5. The quantitative estimate of drug-likeness (QED) is 0.854. The number of piperidine rings is 1. The van der Waals surface area contributed by atoms with Gasteiger partial charge >= 0.3 is 0 Å². The Bertz CT molecular complexity index is 821. The zero-order valence-electron chi connectivity index (χ0n) is 16.3. The van der Waals surface area contributed by atoms with Crippen LogP contribution in [0.4, 0.5) is 0 Å². The second-order valence-corrected chi connectivity index (χ2v) is 7.64. The highest BCUT2D eigenvalue weighted by atomic mass is 16.2. The second-order valence-electron chi connectivity index (χ2n) is 7.64. The summed E-state index contributed by atoms with van der Waals surface area (Å²) >= 11 is 0. The first-order valence-corrected chi connectivity index (χ1v) is 9.73. The van der Waals surface area contributed by atoms with Gasteiger partial charge in [-0.05, 0) is 55.5 Å². The zero-order valence-corrected chi connectivity index (χ0v) is 16.3. The molecule has 3 rings (SSSR count). The number of aryl methyl sites for hydroxylation is 1. The van der Waals surface area contributed by atoms with Crippen LogP contribution in [0.25, 0.3) is 0 Å². The van der Waals surface area contributed by atoms with Crippen LogP contribution >= 0.6 is 0 Å². The van der Waals surface area contributed by atoms with Crippen LogP contribution < -0.4 is 10.9 Å². The Morgan fingerprint density at radius 2 is 1.81 bits per heavy atom. The lowest BCUT2D eigenvalue weighted by Crippen LogP contribution is -2.46. The molecule has 1 amide bonds. The van der Waals surface area contributed by atoms with E-state index in [0.29, 0.717) is 6.54 Å². The number of amides is 1. The lowest BCUT2D eigenvalue weighted by Gasteiger charge is -2.41. The summed E-state index contributed by atoms with van der Waals surface area (Å²) in [5, 5.41) is 3.02. The summed E-state index contributed by atoms with van der Waals surface area (Å²) in [6, 6.07) is 13.9. The van der Waals surface area contributed by atoms with Crippen molar-refractivity contribution in [2.24, 2.45) is 12.5 Å². The van der Waals surface area contributed by atoms with E-state index in [1.807, 2.05) is 6.07 Å². The minimum absolute atomic E-state index is 0.114. The Hall–Kier alpha value is -2.40. The molecular formula is C22H29N3O2. The lowest BCUT2D eigenvalue weighted by atomic mass is 9.76. The van der Waals surface area contributed by atoms with Gasteiger partial charge in [0.15, 0.2) is 0 Å². The summed E-state index contributed by atoms with van der Waals surface area (Å²) in [6.07, 6.45) is 4.81. The normalized spacial score (nSPS) is 16.8. The molecule has 2 heterocycles. The van der Waals surface area contributed by atoms with Gasteiger partial charge in [-0.1, -0.05) is 37.3 Å². The van der Waals surface area contributed by atoms with Crippen molar-refractivity contribution in [3.63, 3.8) is 0 Å². The average molecular weight is 367 g/mol. The summed E-state index contributed by atoms with van der Waals surface area (Å²) in [7, 11) is 1.66. The van der Waals surface area contributed by atoms with Gasteiger partial charge in [0.25, 0.3) is 11.5 Å². The molecule has 1 aromatic heterocycles. The molecule has 0 atom stereocenters. The minimum Gasteiger partial charge on any atom is -0.351 e. The van der Waals surface area contributed by atoms with Crippen LogP contribution in [0.5, 0.6) is 0 Å². The van der Waals surface area contributed by atoms with E-state index in [1.54, 1.807) is 25.4 Å². The van der Waals surface area contributed by atoms with E-state index in [1.165, 1.54) is 10.1 Å². The fourth-order valence-electron chi connectivity index (χ4n) is 3.82. The Kier molecular flexibility index (Phi) is 6.11. The summed E-state index contributed by atoms with van der Waals surface area (Å²) in [6.45, 7) is 5.87. The summed E-state index contributed by atoms with van der Waals surface area (Å²) in [5.41, 5.74) is 1.42. The molecule has 1 aliphatic heterocycles. The number of carbonyl (C=O) groups excluding carboxylic acids is 1. The van der Waals surface area contributed by atoms with Crippen LogP contribution in [0, 0.1) is 5.41 Å². The molecule has 0 unspecified atom stereocenters. The molecule has 0 saturated carbocycles. The largest absolute Gasteiger partial charge is 0.351 e. The molecule has 0 spiro atoms. The van der Waals surface area contributed by atoms with Gasteiger partial charge in [-0.3, -0.25) is 14.5 Å². The van der Waals surface area contributed by atoms with E-state index >= 15 is 0 Å². The number of aromatic nitrogens is 1. The van der Waals surface area contributed by atoms with Crippen molar-refractivity contribution in [2.75, 3.05) is 19.6 Å². The average Bonchev–Trinajstić information content (AvgIpc) is 2.70. The third-order valence-electron chi connectivity index (χ3n) is 5.91. The SMILES string of the molecule is CCC1(CNC(=O)c2cccn(C)c2=O)CCN(Cc2ccccc2)CC1. The van der Waals surface area contributed by atoms with Crippen molar-refractivity contribution in [1.29, 1.82) is 0 Å². The molecule has 0 bridgehead atoms. The number of rotatable bonds is 6. The zero-order chi connectivity index (χ0) is 19.3. The smallest absolute Gasteiger partial charge is 0.263 e. The number of hydrogen-bond acceptors (Lipinski definition) is 3. The van der Waals surface area contributed by atoms with Gasteiger partial charge in [0.05, 0.1) is 0 Å². The highest BCUT2D eigenvalue weighted by molar-refractivity contribution is 5.93. The number of carbonyl (C=O) groups is 1. The van der Waals surface area contributed by atoms with E-state index in [0.717, 1.165) is 38.9 Å². The van der Waals surface area contributed by atoms with Crippen LogP contribution in [0.1, 0.15) is 42.1 Å². The van der Waals surface area contributed by atoms with E-state index in [4.69, 9.17) is 0 Å². The Morgan fingerprint density at radius 1 is 1.11 bits per heavy atom. The predicted molar refractivity (Wildman–Crippen MR) is 108 cm³/mol. The summed E-state index contributed by atoms with van der Waals surface area (Å²) in [4.78, 5) is 27.1. The topological polar surface area (TPSA) is 54.3 Å². The van der Waals surface area contributed by atoms with Crippen LogP contribution in [-0.4, -0.2) is 35.0 Å². The van der Waals surface area contributed by atoms with Gasteiger partial charge in [0.1, 0.15) is 5.56 Å². The van der Waals surface area contributed by atoms with Crippen molar-refractivity contribution >= 4 is 5.91 Å². The predicted octanol–water partition coefficient (Wildman–Crippen LogP) is 2.81. The van der Waals surface area contributed by atoms with Crippen molar-refractivity contribution < 1.29 is 4.79 Å². The van der Waals surface area contributed by atoms with Gasteiger partial charge in [0.2, 0.25) is 0 Å². The molecule has 27 heavy (non-hydrogen) atoms. The second kappa shape index (κ2) is 8.53. The number of likely N-dealkylation sites (tertiary alicyclic amines) is 1. The molecule has 5 nitrogen and oxygen atoms in total. The molecule has 5 heteroatoms. The maximum atomic E-state index is 12.5. The van der Waals surface area contributed by atoms with Crippen molar-refractivity contribution in [2.45, 2.75) is 32.7 Å². The van der Waals surface area contributed by atoms with Crippen molar-refractivity contribution in [3.8, 4) is 0 Å². The highest BCUT2D eigenvalue weighted by Crippen LogP contribution is 2.34. The summed E-state index contributed by atoms with van der Waals surface area (Å²) in [5.74, 6) is -0.268. The molecule has 1 saturated heterocycles. The summed E-state index contributed by atoms with van der Waals surface area (Å²) < 4.78 is 1.44. The number of nitrogens with zero attached hydrogens (tertiary/aromatic N) is 2. The first-order chi connectivity index (χ1) is 13.0. The van der Waals surface area contributed by atoms with Crippen LogP contribution in [0.3, 0.4) is 0 Å². The Balaban J connectivity index is 1.57. The lowest BCUT2D eigenvalue weighted by molar-refractivity contribution is 0.0789. The molecule has 1 aromatic carbocycles. The number of pyridine rings is 1. The number of hydrogen-bond donors (Lipinski definition) is 1. The number of benzene rings is 1. The van der Waals surface area contributed by atoms with Gasteiger partial charge < -0.3 is 9.88 Å². The molecule has 1 fully saturated rings. The molecular weight excluding hydrogens is 338 g/mol. The van der Waals surface area contributed by atoms with Crippen LogP contribution in [0.2, 0.25) is 0 Å². The minimum atomic E-state index is -0.268. The monoisotopic (exact) mass is 367 g/mol. The molecule has 1 N–H and O–H groups in total. The van der Waals surface area contributed by atoms with Crippen LogP contribution in [0.15, 0.2) is 53.5 Å². The molecule has 144 valence electrons. The molecule has 0 aliphatic carbocycles. The van der Waals surface area contributed by atoms with Gasteiger partial charge in [-0.2, -0.15) is 0 Å². The van der Waals surface area contributed by atoms with Crippen molar-refractivity contribution in [3.05, 3.63) is 70.1 Å². The molecule has 1 aliphatic rings. The first-order valence-electron chi connectivity index (χ1n) is 9.73. The van der Waals surface area contributed by atoms with E-state index < -0.39 is 0 Å². The van der Waals surface area contributed by atoms with E-state index in [2.05, 4.69) is 41.4 Å². The molecule has 0 radical (unpaired) electrons. The standard InChI is InChI=1S/C22H29N3O2/c1-3-22(17-23-20(26)19-10-7-13-24(2)21(19)27)11-14-25(15-12-22)16-18-8-5-4-6-9-18/h4-10,13H,3,11-12,14-17H2,1-2H3,(H,23,26). The van der Waals surface area contributed by atoms with Gasteiger partial charge in [-0.15, -0.1) is 0 Å². The highest BCUT2D eigenvalue weighted by Gasteiger charge is 2.33. The fourth-order valence-corrected chi connectivity index (χ4v) is 3.82. The third-order valence-corrected chi connectivity index (χ3v) is 5.91. The number of nitrogens with one attached hydrogen (secondary N) is 1. The van der Waals surface area contributed by atoms with E-state index in [9.17, 15) is 9.59 Å². The Labute approximate surface area is 161 Å². The third kappa shape index (κ3) is 4.66. The van der Waals surface area contributed by atoms with E-state index in [-0.39, 0.29) is 22.4 Å². The fraction of sp³-hybridized carbons (Fsp3) is 0.455.